The Morgan fingerprint density at radius 3 is 2.20 bits per heavy atom. The minimum Gasteiger partial charge on any atom is -0.326 e. The molecule has 0 radical (unpaired) electrons. The van der Waals surface area contributed by atoms with Crippen molar-refractivity contribution in [2.24, 2.45) is 5.73 Å². The SMILES string of the molecule is CCC(N)C(C)N(C)C1CCCCCC1. The Morgan fingerprint density at radius 2 is 1.73 bits per heavy atom. The first-order valence-electron chi connectivity index (χ1n) is 6.64. The summed E-state index contributed by atoms with van der Waals surface area (Å²) in [6.45, 7) is 4.46. The second-order valence-corrected chi connectivity index (χ2v) is 5.12. The summed E-state index contributed by atoms with van der Waals surface area (Å²) in [5.41, 5.74) is 6.12. The fourth-order valence-corrected chi connectivity index (χ4v) is 2.64. The molecular formula is C13H28N2. The average Bonchev–Trinajstić information content (AvgIpc) is 2.54. The summed E-state index contributed by atoms with van der Waals surface area (Å²) in [5, 5.41) is 0. The number of hydrogen-bond donors (Lipinski definition) is 1. The van der Waals surface area contributed by atoms with Crippen LogP contribution >= 0.6 is 0 Å². The van der Waals surface area contributed by atoms with Crippen LogP contribution < -0.4 is 5.73 Å². The molecule has 1 aliphatic rings. The first-order valence-corrected chi connectivity index (χ1v) is 6.64. The first kappa shape index (κ1) is 13.0. The maximum atomic E-state index is 6.12. The fourth-order valence-electron chi connectivity index (χ4n) is 2.64. The molecule has 0 bridgehead atoms. The zero-order chi connectivity index (χ0) is 11.3. The number of hydrogen-bond acceptors (Lipinski definition) is 2. The normalized spacial score (nSPS) is 23.8. The molecule has 0 saturated heterocycles. The molecule has 2 nitrogen and oxygen atoms in total. The van der Waals surface area contributed by atoms with E-state index < -0.39 is 0 Å². The van der Waals surface area contributed by atoms with Crippen molar-refractivity contribution < 1.29 is 0 Å². The maximum absolute atomic E-state index is 6.12. The van der Waals surface area contributed by atoms with Gasteiger partial charge in [0.2, 0.25) is 0 Å². The lowest BCUT2D eigenvalue weighted by Gasteiger charge is -2.35. The molecule has 2 unspecified atom stereocenters. The maximum Gasteiger partial charge on any atom is 0.0218 e. The summed E-state index contributed by atoms with van der Waals surface area (Å²) in [7, 11) is 2.26. The lowest BCUT2D eigenvalue weighted by molar-refractivity contribution is 0.146. The van der Waals surface area contributed by atoms with Crippen molar-refractivity contribution >= 4 is 0 Å². The van der Waals surface area contributed by atoms with Crippen LogP contribution in [0.4, 0.5) is 0 Å². The van der Waals surface area contributed by atoms with Gasteiger partial charge in [0.15, 0.2) is 0 Å². The van der Waals surface area contributed by atoms with Crippen LogP contribution in [-0.2, 0) is 0 Å². The molecule has 2 atom stereocenters. The molecule has 1 saturated carbocycles. The summed E-state index contributed by atoms with van der Waals surface area (Å²) in [5.74, 6) is 0. The van der Waals surface area contributed by atoms with Crippen LogP contribution in [0.1, 0.15) is 58.8 Å². The molecule has 0 aromatic heterocycles. The molecule has 0 aromatic rings. The Kier molecular flexibility index (Phi) is 5.62. The van der Waals surface area contributed by atoms with Gasteiger partial charge in [-0.3, -0.25) is 4.90 Å². The van der Waals surface area contributed by atoms with E-state index in [0.29, 0.717) is 12.1 Å². The number of nitrogens with two attached hydrogens (primary N) is 1. The average molecular weight is 212 g/mol. The predicted octanol–water partition coefficient (Wildman–Crippen LogP) is 2.77. The quantitative estimate of drug-likeness (QED) is 0.726. The summed E-state index contributed by atoms with van der Waals surface area (Å²) in [6.07, 6.45) is 9.50. The van der Waals surface area contributed by atoms with Gasteiger partial charge in [-0.25, -0.2) is 0 Å². The largest absolute Gasteiger partial charge is 0.326 e. The number of likely N-dealkylation sites (N-methyl/N-ethyl adjacent to an activating group) is 1. The molecule has 1 rings (SSSR count). The summed E-state index contributed by atoms with van der Waals surface area (Å²) in [4.78, 5) is 2.53. The van der Waals surface area contributed by atoms with Crippen LogP contribution in [0.3, 0.4) is 0 Å². The molecule has 2 N–H and O–H groups in total. The van der Waals surface area contributed by atoms with Gasteiger partial charge in [0.25, 0.3) is 0 Å². The zero-order valence-corrected chi connectivity index (χ0v) is 10.7. The van der Waals surface area contributed by atoms with Crippen molar-refractivity contribution in [3.8, 4) is 0 Å². The molecular weight excluding hydrogens is 184 g/mol. The van der Waals surface area contributed by atoms with Crippen LogP contribution in [-0.4, -0.2) is 30.1 Å². The molecule has 0 spiro atoms. The summed E-state index contributed by atoms with van der Waals surface area (Å²) in [6, 6.07) is 1.64. The highest BCUT2D eigenvalue weighted by Crippen LogP contribution is 2.23. The molecule has 1 aliphatic carbocycles. The number of rotatable bonds is 4. The molecule has 0 aliphatic heterocycles. The van der Waals surface area contributed by atoms with Crippen LogP contribution in [0.15, 0.2) is 0 Å². The third kappa shape index (κ3) is 3.76. The Hall–Kier alpha value is -0.0800. The van der Waals surface area contributed by atoms with Gasteiger partial charge in [-0.2, -0.15) is 0 Å². The van der Waals surface area contributed by atoms with Gasteiger partial charge in [-0.05, 0) is 33.2 Å². The summed E-state index contributed by atoms with van der Waals surface area (Å²) >= 11 is 0. The van der Waals surface area contributed by atoms with Gasteiger partial charge < -0.3 is 5.73 Å². The van der Waals surface area contributed by atoms with Crippen LogP contribution in [0.5, 0.6) is 0 Å². The van der Waals surface area contributed by atoms with E-state index in [9.17, 15) is 0 Å². The molecule has 90 valence electrons. The van der Waals surface area contributed by atoms with Crippen LogP contribution in [0.25, 0.3) is 0 Å². The molecule has 1 fully saturated rings. The van der Waals surface area contributed by atoms with Crippen LogP contribution in [0.2, 0.25) is 0 Å². The van der Waals surface area contributed by atoms with E-state index in [1.54, 1.807) is 0 Å². The lowest BCUT2D eigenvalue weighted by Crippen LogP contribution is -2.48. The second-order valence-electron chi connectivity index (χ2n) is 5.12. The van der Waals surface area contributed by atoms with Gasteiger partial charge in [-0.1, -0.05) is 32.6 Å². The van der Waals surface area contributed by atoms with E-state index in [0.717, 1.165) is 12.5 Å². The van der Waals surface area contributed by atoms with E-state index in [1.165, 1.54) is 38.5 Å². The third-order valence-corrected chi connectivity index (χ3v) is 4.13. The van der Waals surface area contributed by atoms with E-state index in [1.807, 2.05) is 0 Å². The highest BCUT2D eigenvalue weighted by molar-refractivity contribution is 4.81. The minimum absolute atomic E-state index is 0.332. The van der Waals surface area contributed by atoms with E-state index in [4.69, 9.17) is 5.73 Å². The predicted molar refractivity (Wildman–Crippen MR) is 67.0 cm³/mol. The Balaban J connectivity index is 2.45. The van der Waals surface area contributed by atoms with Crippen molar-refractivity contribution in [1.82, 2.24) is 4.90 Å². The van der Waals surface area contributed by atoms with Crippen molar-refractivity contribution in [2.75, 3.05) is 7.05 Å². The smallest absolute Gasteiger partial charge is 0.0218 e. The monoisotopic (exact) mass is 212 g/mol. The van der Waals surface area contributed by atoms with Gasteiger partial charge in [0, 0.05) is 18.1 Å². The first-order chi connectivity index (χ1) is 7.16. The zero-order valence-electron chi connectivity index (χ0n) is 10.7. The highest BCUT2D eigenvalue weighted by atomic mass is 15.2. The molecule has 0 aromatic carbocycles. The van der Waals surface area contributed by atoms with E-state index in [-0.39, 0.29) is 0 Å². The minimum atomic E-state index is 0.332. The molecule has 15 heavy (non-hydrogen) atoms. The van der Waals surface area contributed by atoms with Crippen molar-refractivity contribution in [2.45, 2.75) is 76.9 Å². The van der Waals surface area contributed by atoms with Gasteiger partial charge in [0.1, 0.15) is 0 Å². The van der Waals surface area contributed by atoms with Crippen molar-refractivity contribution in [3.05, 3.63) is 0 Å². The van der Waals surface area contributed by atoms with Gasteiger partial charge in [0.05, 0.1) is 0 Å². The Bertz CT molecular complexity index is 162. The Labute approximate surface area is 95.2 Å². The van der Waals surface area contributed by atoms with Gasteiger partial charge in [-0.15, -0.1) is 0 Å². The highest BCUT2D eigenvalue weighted by Gasteiger charge is 2.23. The van der Waals surface area contributed by atoms with E-state index >= 15 is 0 Å². The Morgan fingerprint density at radius 1 is 1.20 bits per heavy atom. The van der Waals surface area contributed by atoms with E-state index in [2.05, 4.69) is 25.8 Å². The van der Waals surface area contributed by atoms with Crippen LogP contribution in [0, 0.1) is 0 Å². The lowest BCUT2D eigenvalue weighted by atomic mass is 10.0. The number of nitrogens with zero attached hydrogens (tertiary/aromatic N) is 1. The van der Waals surface area contributed by atoms with Gasteiger partial charge >= 0.3 is 0 Å². The van der Waals surface area contributed by atoms with Crippen molar-refractivity contribution in [3.63, 3.8) is 0 Å². The molecule has 0 amide bonds. The standard InChI is InChI=1S/C13H28N2/c1-4-13(14)11(2)15(3)12-9-7-5-6-8-10-12/h11-13H,4-10,14H2,1-3H3. The molecule has 0 heterocycles. The third-order valence-electron chi connectivity index (χ3n) is 4.13. The fraction of sp³-hybridized carbons (Fsp3) is 1.00. The second kappa shape index (κ2) is 6.49. The molecule has 2 heteroatoms. The summed E-state index contributed by atoms with van der Waals surface area (Å²) < 4.78 is 0. The van der Waals surface area contributed by atoms with Crippen molar-refractivity contribution in [1.29, 1.82) is 0 Å². The topological polar surface area (TPSA) is 29.3 Å².